The first-order chi connectivity index (χ1) is 7.87. The molecule has 3 N–H and O–H groups in total. The van der Waals surface area contributed by atoms with Gasteiger partial charge in [-0.05, 0) is 46.6 Å². The Labute approximate surface area is 116 Å². The highest BCUT2D eigenvalue weighted by molar-refractivity contribution is 5.85. The van der Waals surface area contributed by atoms with Crippen molar-refractivity contribution in [3.63, 3.8) is 0 Å². The maximum Gasteiger partial charge on any atom is 0.408 e. The topological polar surface area (TPSA) is 64.3 Å². The molecule has 1 aliphatic rings. The SMILES string of the molecule is CC(C)(C)OC(=O)NC1(CCN)CCCCC1.Cl. The smallest absolute Gasteiger partial charge is 0.408 e. The molecule has 0 saturated heterocycles. The van der Waals surface area contributed by atoms with Crippen molar-refractivity contribution in [1.29, 1.82) is 0 Å². The predicted octanol–water partition coefficient (Wildman–Crippen LogP) is 2.98. The minimum Gasteiger partial charge on any atom is -0.444 e. The molecule has 18 heavy (non-hydrogen) atoms. The number of nitrogens with two attached hydrogens (primary N) is 1. The number of halogens is 1. The van der Waals surface area contributed by atoms with Crippen molar-refractivity contribution in [3.05, 3.63) is 0 Å². The molecule has 108 valence electrons. The summed E-state index contributed by atoms with van der Waals surface area (Å²) in [6, 6.07) is 0. The van der Waals surface area contributed by atoms with Gasteiger partial charge in [-0.2, -0.15) is 0 Å². The van der Waals surface area contributed by atoms with Gasteiger partial charge in [0.1, 0.15) is 5.60 Å². The van der Waals surface area contributed by atoms with Crippen LogP contribution < -0.4 is 11.1 Å². The Hall–Kier alpha value is -0.480. The normalized spacial score (nSPS) is 18.7. The standard InChI is InChI=1S/C13H26N2O2.ClH/c1-12(2,3)17-11(16)15-13(9-10-14)7-5-4-6-8-13;/h4-10,14H2,1-3H3,(H,15,16);1H. The average Bonchev–Trinajstić information content (AvgIpc) is 2.15. The van der Waals surface area contributed by atoms with Crippen molar-refractivity contribution in [2.45, 2.75) is 70.4 Å². The molecule has 0 spiro atoms. The second-order valence-electron chi connectivity index (χ2n) is 6.01. The number of alkyl carbamates (subject to hydrolysis) is 1. The number of ether oxygens (including phenoxy) is 1. The van der Waals surface area contributed by atoms with Crippen LogP contribution in [0.3, 0.4) is 0 Å². The number of hydrogen-bond acceptors (Lipinski definition) is 3. The van der Waals surface area contributed by atoms with Gasteiger partial charge in [-0.15, -0.1) is 12.4 Å². The molecule has 1 aliphatic carbocycles. The largest absolute Gasteiger partial charge is 0.444 e. The first kappa shape index (κ1) is 17.5. The fourth-order valence-corrected chi connectivity index (χ4v) is 2.46. The molecule has 1 rings (SSSR count). The van der Waals surface area contributed by atoms with Gasteiger partial charge < -0.3 is 15.8 Å². The van der Waals surface area contributed by atoms with Gasteiger partial charge in [0, 0.05) is 5.54 Å². The lowest BCUT2D eigenvalue weighted by Gasteiger charge is -2.38. The third kappa shape index (κ3) is 5.91. The van der Waals surface area contributed by atoms with Gasteiger partial charge in [-0.3, -0.25) is 0 Å². The first-order valence-electron chi connectivity index (χ1n) is 6.58. The van der Waals surface area contributed by atoms with Crippen LogP contribution in [0.5, 0.6) is 0 Å². The summed E-state index contributed by atoms with van der Waals surface area (Å²) in [7, 11) is 0. The molecule has 5 heteroatoms. The Kier molecular flexibility index (Phi) is 7.00. The van der Waals surface area contributed by atoms with Crippen molar-refractivity contribution in [2.24, 2.45) is 5.73 Å². The van der Waals surface area contributed by atoms with Crippen LogP contribution in [0.2, 0.25) is 0 Å². The van der Waals surface area contributed by atoms with E-state index in [4.69, 9.17) is 10.5 Å². The molecule has 0 atom stereocenters. The summed E-state index contributed by atoms with van der Waals surface area (Å²) in [4.78, 5) is 11.8. The summed E-state index contributed by atoms with van der Waals surface area (Å²) in [6.45, 7) is 6.24. The van der Waals surface area contributed by atoms with Gasteiger partial charge in [0.05, 0.1) is 0 Å². The quantitative estimate of drug-likeness (QED) is 0.834. The Balaban J connectivity index is 0.00000289. The summed E-state index contributed by atoms with van der Waals surface area (Å²) in [6.07, 6.45) is 6.14. The highest BCUT2D eigenvalue weighted by atomic mass is 35.5. The first-order valence-corrected chi connectivity index (χ1v) is 6.58. The molecule has 0 aromatic rings. The highest BCUT2D eigenvalue weighted by Gasteiger charge is 2.34. The second-order valence-corrected chi connectivity index (χ2v) is 6.01. The molecule has 1 amide bonds. The van der Waals surface area contributed by atoms with Crippen molar-refractivity contribution < 1.29 is 9.53 Å². The van der Waals surface area contributed by atoms with E-state index in [9.17, 15) is 4.79 Å². The molecule has 0 heterocycles. The number of carbonyl (C=O) groups excluding carboxylic acids is 1. The van der Waals surface area contributed by atoms with E-state index in [0.717, 1.165) is 32.1 Å². The van der Waals surface area contributed by atoms with Crippen molar-refractivity contribution in [2.75, 3.05) is 6.54 Å². The molecular weight excluding hydrogens is 252 g/mol. The van der Waals surface area contributed by atoms with E-state index in [2.05, 4.69) is 5.32 Å². The molecular formula is C13H27ClN2O2. The van der Waals surface area contributed by atoms with E-state index in [-0.39, 0.29) is 24.0 Å². The van der Waals surface area contributed by atoms with Crippen molar-refractivity contribution in [3.8, 4) is 0 Å². The molecule has 1 saturated carbocycles. The molecule has 0 bridgehead atoms. The van der Waals surface area contributed by atoms with Gasteiger partial charge in [0.25, 0.3) is 0 Å². The molecule has 0 radical (unpaired) electrons. The van der Waals surface area contributed by atoms with E-state index in [1.807, 2.05) is 20.8 Å². The second kappa shape index (κ2) is 7.19. The maximum absolute atomic E-state index is 11.8. The number of amides is 1. The minimum absolute atomic E-state index is 0. The van der Waals surface area contributed by atoms with Crippen molar-refractivity contribution in [1.82, 2.24) is 5.32 Å². The third-order valence-corrected chi connectivity index (χ3v) is 3.20. The highest BCUT2D eigenvalue weighted by Crippen LogP contribution is 2.31. The number of carbonyl (C=O) groups is 1. The van der Waals surface area contributed by atoms with Crippen LogP contribution in [-0.4, -0.2) is 23.8 Å². The summed E-state index contributed by atoms with van der Waals surface area (Å²) in [5.41, 5.74) is 5.08. The van der Waals surface area contributed by atoms with Crippen LogP contribution in [0.4, 0.5) is 4.79 Å². The zero-order chi connectivity index (χ0) is 12.9. The van der Waals surface area contributed by atoms with Crippen LogP contribution in [0, 0.1) is 0 Å². The summed E-state index contributed by atoms with van der Waals surface area (Å²) < 4.78 is 5.32. The molecule has 0 aromatic carbocycles. The van der Waals surface area contributed by atoms with Gasteiger partial charge in [-0.25, -0.2) is 4.79 Å². The van der Waals surface area contributed by atoms with Gasteiger partial charge in [0.2, 0.25) is 0 Å². The van der Waals surface area contributed by atoms with Crippen LogP contribution in [0.1, 0.15) is 59.3 Å². The lowest BCUT2D eigenvalue weighted by atomic mass is 9.79. The van der Waals surface area contributed by atoms with Crippen LogP contribution in [-0.2, 0) is 4.74 Å². The molecule has 0 aromatic heterocycles. The van der Waals surface area contributed by atoms with Crippen LogP contribution >= 0.6 is 12.4 Å². The number of nitrogens with one attached hydrogen (secondary N) is 1. The van der Waals surface area contributed by atoms with Crippen molar-refractivity contribution >= 4 is 18.5 Å². The van der Waals surface area contributed by atoms with E-state index in [1.54, 1.807) is 0 Å². The summed E-state index contributed by atoms with van der Waals surface area (Å²) >= 11 is 0. The van der Waals surface area contributed by atoms with E-state index < -0.39 is 5.60 Å². The van der Waals surface area contributed by atoms with Crippen LogP contribution in [0.15, 0.2) is 0 Å². The fourth-order valence-electron chi connectivity index (χ4n) is 2.46. The number of rotatable bonds is 3. The Morgan fingerprint density at radius 2 is 1.83 bits per heavy atom. The Morgan fingerprint density at radius 3 is 2.28 bits per heavy atom. The summed E-state index contributed by atoms with van der Waals surface area (Å²) in [5, 5.41) is 3.05. The lowest BCUT2D eigenvalue weighted by molar-refractivity contribution is 0.0418. The fraction of sp³-hybridized carbons (Fsp3) is 0.923. The maximum atomic E-state index is 11.8. The lowest BCUT2D eigenvalue weighted by Crippen LogP contribution is -2.52. The van der Waals surface area contributed by atoms with Gasteiger partial charge >= 0.3 is 6.09 Å². The zero-order valence-corrected chi connectivity index (χ0v) is 12.6. The Morgan fingerprint density at radius 1 is 1.28 bits per heavy atom. The third-order valence-electron chi connectivity index (χ3n) is 3.20. The summed E-state index contributed by atoms with van der Waals surface area (Å²) in [5.74, 6) is 0. The number of hydrogen-bond donors (Lipinski definition) is 2. The van der Waals surface area contributed by atoms with E-state index in [1.165, 1.54) is 6.42 Å². The minimum atomic E-state index is -0.442. The van der Waals surface area contributed by atoms with Gasteiger partial charge in [-0.1, -0.05) is 19.3 Å². The molecule has 0 unspecified atom stereocenters. The van der Waals surface area contributed by atoms with Crippen LogP contribution in [0.25, 0.3) is 0 Å². The predicted molar refractivity (Wildman–Crippen MR) is 76.1 cm³/mol. The Bertz CT molecular complexity index is 253. The molecule has 4 nitrogen and oxygen atoms in total. The monoisotopic (exact) mass is 278 g/mol. The van der Waals surface area contributed by atoms with E-state index in [0.29, 0.717) is 6.54 Å². The average molecular weight is 279 g/mol. The van der Waals surface area contributed by atoms with Gasteiger partial charge in [0.15, 0.2) is 0 Å². The molecule has 0 aliphatic heterocycles. The van der Waals surface area contributed by atoms with E-state index >= 15 is 0 Å². The zero-order valence-electron chi connectivity index (χ0n) is 11.8. The molecule has 1 fully saturated rings.